The number of aromatic nitrogens is 1. The summed E-state index contributed by atoms with van der Waals surface area (Å²) in [6, 6.07) is 7.43. The molecule has 0 spiro atoms. The molecule has 0 aliphatic carbocycles. The molecule has 1 atom stereocenters. The van der Waals surface area contributed by atoms with Crippen LogP contribution in [-0.2, 0) is 4.74 Å². The number of ether oxygens (including phenoxy) is 2. The maximum absolute atomic E-state index is 11.1. The van der Waals surface area contributed by atoms with Crippen molar-refractivity contribution in [2.75, 3.05) is 19.8 Å². The molecule has 1 aromatic heterocycles. The molecule has 0 bridgehead atoms. The highest BCUT2D eigenvalue weighted by molar-refractivity contribution is 7.04. The van der Waals surface area contributed by atoms with E-state index in [9.17, 15) is 4.79 Å². The molecule has 2 aromatic rings. The molecule has 1 saturated heterocycles. The van der Waals surface area contributed by atoms with Gasteiger partial charge in [0.25, 0.3) is 0 Å². The topological polar surface area (TPSA) is 68.7 Å². The molecule has 0 saturated carbocycles. The van der Waals surface area contributed by atoms with Crippen LogP contribution in [0.15, 0.2) is 29.6 Å². The van der Waals surface area contributed by atoms with Crippen LogP contribution in [0.4, 0.5) is 0 Å². The summed E-state index contributed by atoms with van der Waals surface area (Å²) >= 11 is 1.14. The van der Waals surface area contributed by atoms with E-state index in [2.05, 4.69) is 4.37 Å². The molecular formula is C15H15NO4S. The first-order valence-electron chi connectivity index (χ1n) is 6.72. The zero-order valence-electron chi connectivity index (χ0n) is 11.3. The van der Waals surface area contributed by atoms with Crippen LogP contribution in [0.1, 0.15) is 16.9 Å². The van der Waals surface area contributed by atoms with Crippen molar-refractivity contribution in [3.8, 4) is 16.9 Å². The number of carboxylic acid groups (broad SMARTS) is 1. The minimum atomic E-state index is -1.01. The normalized spacial score (nSPS) is 17.8. The summed E-state index contributed by atoms with van der Waals surface area (Å²) in [5, 5.41) is 10.8. The summed E-state index contributed by atoms with van der Waals surface area (Å²) in [5.41, 5.74) is 1.57. The van der Waals surface area contributed by atoms with E-state index >= 15 is 0 Å². The number of nitrogens with zero attached hydrogens (tertiary/aromatic N) is 1. The summed E-state index contributed by atoms with van der Waals surface area (Å²) in [6.07, 6.45) is 1.04. The smallest absolute Gasteiger partial charge is 0.356 e. The Morgan fingerprint density at radius 1 is 1.43 bits per heavy atom. The van der Waals surface area contributed by atoms with Crippen molar-refractivity contribution in [3.63, 3.8) is 0 Å². The summed E-state index contributed by atoms with van der Waals surface area (Å²) in [5.74, 6) is 0.239. The number of hydrogen-bond donors (Lipinski definition) is 1. The van der Waals surface area contributed by atoms with Gasteiger partial charge in [0.05, 0.1) is 13.2 Å². The van der Waals surface area contributed by atoms with Crippen LogP contribution in [0.2, 0.25) is 0 Å². The average Bonchev–Trinajstić information content (AvgIpc) is 3.17. The lowest BCUT2D eigenvalue weighted by molar-refractivity contribution is 0.0693. The lowest BCUT2D eigenvalue weighted by Crippen LogP contribution is -2.11. The maximum Gasteiger partial charge on any atom is 0.356 e. The van der Waals surface area contributed by atoms with Crippen molar-refractivity contribution in [3.05, 3.63) is 35.3 Å². The molecule has 1 aliphatic heterocycles. The van der Waals surface area contributed by atoms with Crippen LogP contribution in [0.3, 0.4) is 0 Å². The van der Waals surface area contributed by atoms with E-state index in [-0.39, 0.29) is 5.69 Å². The second kappa shape index (κ2) is 6.24. The summed E-state index contributed by atoms with van der Waals surface area (Å²) in [6.45, 7) is 2.23. The Kier molecular flexibility index (Phi) is 4.17. The third-order valence-corrected chi connectivity index (χ3v) is 4.08. The molecule has 2 heterocycles. The van der Waals surface area contributed by atoms with Crippen molar-refractivity contribution in [1.82, 2.24) is 4.37 Å². The fourth-order valence-corrected chi connectivity index (χ4v) is 2.94. The van der Waals surface area contributed by atoms with Gasteiger partial charge in [0.2, 0.25) is 0 Å². The number of carbonyl (C=O) groups is 1. The second-order valence-electron chi connectivity index (χ2n) is 4.95. The van der Waals surface area contributed by atoms with Gasteiger partial charge >= 0.3 is 5.97 Å². The Bertz CT molecular complexity index is 617. The molecule has 0 radical (unpaired) electrons. The minimum Gasteiger partial charge on any atom is -0.493 e. The van der Waals surface area contributed by atoms with E-state index in [4.69, 9.17) is 14.6 Å². The number of hydrogen-bond acceptors (Lipinski definition) is 5. The second-order valence-corrected chi connectivity index (χ2v) is 5.58. The van der Waals surface area contributed by atoms with Gasteiger partial charge in [-0.1, -0.05) is 12.1 Å². The van der Waals surface area contributed by atoms with Crippen LogP contribution >= 0.6 is 11.5 Å². The third kappa shape index (κ3) is 3.22. The zero-order valence-corrected chi connectivity index (χ0v) is 12.1. The molecule has 0 amide bonds. The van der Waals surface area contributed by atoms with Crippen LogP contribution < -0.4 is 4.74 Å². The highest BCUT2D eigenvalue weighted by Gasteiger charge is 2.17. The number of benzene rings is 1. The standard InChI is InChI=1S/C15H15NO4S/c17-15(18)14-13(9-21-16-14)11-1-3-12(4-2-11)20-8-10-5-6-19-7-10/h1-4,9-10H,5-8H2,(H,17,18). The van der Waals surface area contributed by atoms with Gasteiger partial charge in [-0.25, -0.2) is 4.79 Å². The Morgan fingerprint density at radius 2 is 2.24 bits per heavy atom. The van der Waals surface area contributed by atoms with Crippen LogP contribution in [0.25, 0.3) is 11.1 Å². The fourth-order valence-electron chi connectivity index (χ4n) is 2.26. The molecule has 21 heavy (non-hydrogen) atoms. The van der Waals surface area contributed by atoms with Crippen LogP contribution in [-0.4, -0.2) is 35.3 Å². The van der Waals surface area contributed by atoms with Gasteiger partial charge in [0, 0.05) is 23.5 Å². The quantitative estimate of drug-likeness (QED) is 0.920. The number of rotatable bonds is 5. The molecule has 5 nitrogen and oxygen atoms in total. The molecule has 1 aromatic carbocycles. The molecular weight excluding hydrogens is 290 g/mol. The van der Waals surface area contributed by atoms with E-state index < -0.39 is 5.97 Å². The zero-order chi connectivity index (χ0) is 14.7. The largest absolute Gasteiger partial charge is 0.493 e. The molecule has 6 heteroatoms. The summed E-state index contributed by atoms with van der Waals surface area (Å²) < 4.78 is 14.9. The Labute approximate surface area is 126 Å². The highest BCUT2D eigenvalue weighted by atomic mass is 32.1. The first kappa shape index (κ1) is 14.0. The predicted molar refractivity (Wildman–Crippen MR) is 78.9 cm³/mol. The van der Waals surface area contributed by atoms with Crippen LogP contribution in [0.5, 0.6) is 5.75 Å². The Hall–Kier alpha value is -1.92. The third-order valence-electron chi connectivity index (χ3n) is 3.45. The number of aromatic carboxylic acids is 1. The van der Waals surface area contributed by atoms with Gasteiger partial charge in [0.15, 0.2) is 5.69 Å². The number of carboxylic acids is 1. The highest BCUT2D eigenvalue weighted by Crippen LogP contribution is 2.27. The maximum atomic E-state index is 11.1. The van der Waals surface area contributed by atoms with E-state index in [1.165, 1.54) is 0 Å². The monoisotopic (exact) mass is 305 g/mol. The van der Waals surface area contributed by atoms with Gasteiger partial charge in [-0.2, -0.15) is 4.37 Å². The lowest BCUT2D eigenvalue weighted by atomic mass is 10.1. The van der Waals surface area contributed by atoms with Gasteiger partial charge in [0.1, 0.15) is 5.75 Å². The fraction of sp³-hybridized carbons (Fsp3) is 0.333. The van der Waals surface area contributed by atoms with Crippen molar-refractivity contribution in [1.29, 1.82) is 0 Å². The van der Waals surface area contributed by atoms with E-state index in [0.29, 0.717) is 18.1 Å². The molecule has 1 fully saturated rings. The first-order valence-corrected chi connectivity index (χ1v) is 7.56. The lowest BCUT2D eigenvalue weighted by Gasteiger charge is -2.10. The van der Waals surface area contributed by atoms with E-state index in [0.717, 1.165) is 42.5 Å². The minimum absolute atomic E-state index is 0.0942. The van der Waals surface area contributed by atoms with E-state index in [1.807, 2.05) is 24.3 Å². The first-order chi connectivity index (χ1) is 10.2. The average molecular weight is 305 g/mol. The van der Waals surface area contributed by atoms with Gasteiger partial charge in [-0.05, 0) is 35.6 Å². The molecule has 1 aliphatic rings. The van der Waals surface area contributed by atoms with Crippen molar-refractivity contribution in [2.45, 2.75) is 6.42 Å². The molecule has 1 unspecified atom stereocenters. The predicted octanol–water partition coefficient (Wildman–Crippen LogP) is 2.92. The van der Waals surface area contributed by atoms with Crippen LogP contribution in [0, 0.1) is 5.92 Å². The van der Waals surface area contributed by atoms with Gasteiger partial charge < -0.3 is 14.6 Å². The summed E-state index contributed by atoms with van der Waals surface area (Å²) in [4.78, 5) is 11.1. The van der Waals surface area contributed by atoms with Crippen molar-refractivity contribution >= 4 is 17.5 Å². The van der Waals surface area contributed by atoms with Gasteiger partial charge in [-0.3, -0.25) is 0 Å². The molecule has 110 valence electrons. The Morgan fingerprint density at radius 3 is 2.90 bits per heavy atom. The Balaban J connectivity index is 1.68. The van der Waals surface area contributed by atoms with Crippen molar-refractivity contribution < 1.29 is 19.4 Å². The SMILES string of the molecule is O=C(O)c1nscc1-c1ccc(OCC2CCOC2)cc1. The van der Waals surface area contributed by atoms with Gasteiger partial charge in [-0.15, -0.1) is 0 Å². The summed E-state index contributed by atoms with van der Waals surface area (Å²) in [7, 11) is 0. The molecule has 3 rings (SSSR count). The van der Waals surface area contributed by atoms with E-state index in [1.54, 1.807) is 5.38 Å². The van der Waals surface area contributed by atoms with Crippen molar-refractivity contribution in [2.24, 2.45) is 5.92 Å². The molecule has 1 N–H and O–H groups in total.